The van der Waals surface area contributed by atoms with E-state index in [0.717, 1.165) is 38.5 Å². The highest BCUT2D eigenvalue weighted by Crippen LogP contribution is 2.43. The van der Waals surface area contributed by atoms with E-state index in [4.69, 9.17) is 10.5 Å². The SMILES string of the molecule is COC(=O)C1CCC2(N)CCC1CC2. The Labute approximate surface area is 85.0 Å². The van der Waals surface area contributed by atoms with Gasteiger partial charge in [0.15, 0.2) is 0 Å². The molecule has 1 atom stereocenters. The average Bonchev–Trinajstić information content (AvgIpc) is 2.45. The van der Waals surface area contributed by atoms with Crippen molar-refractivity contribution in [1.82, 2.24) is 0 Å². The average molecular weight is 197 g/mol. The number of rotatable bonds is 1. The Bertz CT molecular complexity index is 231. The van der Waals surface area contributed by atoms with E-state index < -0.39 is 0 Å². The van der Waals surface area contributed by atoms with E-state index in [2.05, 4.69) is 0 Å². The van der Waals surface area contributed by atoms with E-state index in [1.54, 1.807) is 0 Å². The molecule has 1 unspecified atom stereocenters. The molecule has 0 heterocycles. The lowest BCUT2D eigenvalue weighted by molar-refractivity contribution is -0.147. The third-order valence-electron chi connectivity index (χ3n) is 4.05. The van der Waals surface area contributed by atoms with Crippen molar-refractivity contribution in [3.63, 3.8) is 0 Å². The molecule has 2 N–H and O–H groups in total. The molecule has 3 heteroatoms. The van der Waals surface area contributed by atoms with Crippen molar-refractivity contribution >= 4 is 5.97 Å². The number of methoxy groups -OCH3 is 1. The third-order valence-corrected chi connectivity index (χ3v) is 4.05. The van der Waals surface area contributed by atoms with Crippen LogP contribution in [0.4, 0.5) is 0 Å². The molecule has 3 aliphatic rings. The second-order valence-electron chi connectivity index (χ2n) is 4.87. The minimum atomic E-state index is -0.0267. The van der Waals surface area contributed by atoms with Gasteiger partial charge < -0.3 is 10.5 Å². The number of ether oxygens (including phenoxy) is 1. The van der Waals surface area contributed by atoms with Crippen molar-refractivity contribution in [3.8, 4) is 0 Å². The van der Waals surface area contributed by atoms with Gasteiger partial charge >= 0.3 is 5.97 Å². The summed E-state index contributed by atoms with van der Waals surface area (Å²) in [6, 6.07) is 0. The number of carbonyl (C=O) groups is 1. The lowest BCUT2D eigenvalue weighted by Gasteiger charge is -2.33. The first kappa shape index (κ1) is 9.97. The van der Waals surface area contributed by atoms with Gasteiger partial charge in [0.05, 0.1) is 13.0 Å². The van der Waals surface area contributed by atoms with Crippen LogP contribution in [-0.2, 0) is 9.53 Å². The smallest absolute Gasteiger partial charge is 0.308 e. The first-order chi connectivity index (χ1) is 6.64. The number of hydrogen-bond donors (Lipinski definition) is 1. The maximum atomic E-state index is 11.5. The van der Waals surface area contributed by atoms with Crippen molar-refractivity contribution in [2.24, 2.45) is 17.6 Å². The van der Waals surface area contributed by atoms with Crippen LogP contribution in [0.5, 0.6) is 0 Å². The van der Waals surface area contributed by atoms with Gasteiger partial charge in [-0.05, 0) is 44.4 Å². The maximum absolute atomic E-state index is 11.5. The molecule has 14 heavy (non-hydrogen) atoms. The molecule has 0 aliphatic heterocycles. The summed E-state index contributed by atoms with van der Waals surface area (Å²) in [4.78, 5) is 11.5. The zero-order valence-corrected chi connectivity index (χ0v) is 8.79. The van der Waals surface area contributed by atoms with E-state index in [9.17, 15) is 4.79 Å². The second kappa shape index (κ2) is 3.54. The van der Waals surface area contributed by atoms with Crippen molar-refractivity contribution in [2.75, 3.05) is 7.11 Å². The monoisotopic (exact) mass is 197 g/mol. The van der Waals surface area contributed by atoms with Crippen LogP contribution in [0.2, 0.25) is 0 Å². The Hall–Kier alpha value is -0.570. The Morgan fingerprint density at radius 1 is 1.29 bits per heavy atom. The summed E-state index contributed by atoms with van der Waals surface area (Å²) in [7, 11) is 1.48. The zero-order chi connectivity index (χ0) is 10.2. The summed E-state index contributed by atoms with van der Waals surface area (Å²) in [5.74, 6) is 0.621. The van der Waals surface area contributed by atoms with Gasteiger partial charge in [0.2, 0.25) is 0 Å². The first-order valence-electron chi connectivity index (χ1n) is 5.51. The van der Waals surface area contributed by atoms with Gasteiger partial charge in [0.1, 0.15) is 0 Å². The van der Waals surface area contributed by atoms with Crippen LogP contribution >= 0.6 is 0 Å². The fourth-order valence-electron chi connectivity index (χ4n) is 3.01. The Kier molecular flexibility index (Phi) is 2.52. The molecule has 0 saturated heterocycles. The largest absolute Gasteiger partial charge is 0.469 e. The molecule has 0 aromatic heterocycles. The predicted octanol–water partition coefficient (Wildman–Crippen LogP) is 1.46. The molecule has 3 aliphatic carbocycles. The summed E-state index contributed by atoms with van der Waals surface area (Å²) >= 11 is 0. The molecule has 0 aromatic carbocycles. The Morgan fingerprint density at radius 3 is 2.43 bits per heavy atom. The van der Waals surface area contributed by atoms with Gasteiger partial charge in [-0.2, -0.15) is 0 Å². The summed E-state index contributed by atoms with van der Waals surface area (Å²) in [6.45, 7) is 0. The van der Waals surface area contributed by atoms with Crippen LogP contribution in [0.15, 0.2) is 0 Å². The topological polar surface area (TPSA) is 52.3 Å². The summed E-state index contributed by atoms with van der Waals surface area (Å²) in [5.41, 5.74) is 6.28. The zero-order valence-electron chi connectivity index (χ0n) is 8.79. The molecule has 80 valence electrons. The molecule has 3 nitrogen and oxygen atoms in total. The van der Waals surface area contributed by atoms with Crippen LogP contribution in [0.1, 0.15) is 38.5 Å². The number of fused-ring (bicyclic) bond motifs is 4. The van der Waals surface area contributed by atoms with Crippen molar-refractivity contribution in [3.05, 3.63) is 0 Å². The van der Waals surface area contributed by atoms with Gasteiger partial charge in [-0.3, -0.25) is 4.79 Å². The molecule has 3 fully saturated rings. The fraction of sp³-hybridized carbons (Fsp3) is 0.909. The number of esters is 1. The van der Waals surface area contributed by atoms with Crippen LogP contribution in [-0.4, -0.2) is 18.6 Å². The number of carbonyl (C=O) groups excluding carboxylic acids is 1. The van der Waals surface area contributed by atoms with Crippen LogP contribution < -0.4 is 5.73 Å². The molecule has 0 radical (unpaired) electrons. The van der Waals surface area contributed by atoms with Gasteiger partial charge in [-0.25, -0.2) is 0 Å². The minimum absolute atomic E-state index is 0.0267. The second-order valence-corrected chi connectivity index (χ2v) is 4.87. The van der Waals surface area contributed by atoms with Gasteiger partial charge in [0, 0.05) is 5.54 Å². The maximum Gasteiger partial charge on any atom is 0.308 e. The third kappa shape index (κ3) is 1.65. The predicted molar refractivity (Wildman–Crippen MR) is 53.6 cm³/mol. The highest BCUT2D eigenvalue weighted by Gasteiger charge is 2.42. The summed E-state index contributed by atoms with van der Waals surface area (Å²) in [6.07, 6.45) is 6.31. The minimum Gasteiger partial charge on any atom is -0.469 e. The Morgan fingerprint density at radius 2 is 1.86 bits per heavy atom. The van der Waals surface area contributed by atoms with Gasteiger partial charge in [0.25, 0.3) is 0 Å². The molecule has 2 bridgehead atoms. The van der Waals surface area contributed by atoms with Crippen LogP contribution in [0.25, 0.3) is 0 Å². The quantitative estimate of drug-likeness (QED) is 0.647. The highest BCUT2D eigenvalue weighted by atomic mass is 16.5. The number of hydrogen-bond acceptors (Lipinski definition) is 3. The van der Waals surface area contributed by atoms with E-state index in [0.29, 0.717) is 5.92 Å². The lowest BCUT2D eigenvalue weighted by atomic mass is 9.77. The van der Waals surface area contributed by atoms with E-state index >= 15 is 0 Å². The molecule has 3 saturated carbocycles. The standard InChI is InChI=1S/C11H19NO2/c1-14-10(13)9-4-7-11(12)5-2-8(9)3-6-11/h8-9H,2-7,12H2,1H3. The summed E-state index contributed by atoms with van der Waals surface area (Å²) < 4.78 is 4.85. The first-order valence-corrected chi connectivity index (χ1v) is 5.51. The molecule has 0 amide bonds. The lowest BCUT2D eigenvalue weighted by Crippen LogP contribution is -2.41. The van der Waals surface area contributed by atoms with Crippen molar-refractivity contribution in [2.45, 2.75) is 44.1 Å². The van der Waals surface area contributed by atoms with E-state index in [1.165, 1.54) is 7.11 Å². The highest BCUT2D eigenvalue weighted by molar-refractivity contribution is 5.72. The van der Waals surface area contributed by atoms with E-state index in [-0.39, 0.29) is 17.4 Å². The molecule has 3 rings (SSSR count). The van der Waals surface area contributed by atoms with E-state index in [1.807, 2.05) is 0 Å². The molecular formula is C11H19NO2. The number of nitrogens with two attached hydrogens (primary N) is 1. The van der Waals surface area contributed by atoms with Gasteiger partial charge in [-0.1, -0.05) is 0 Å². The normalized spacial score (nSPS) is 41.9. The molecular weight excluding hydrogens is 178 g/mol. The Balaban J connectivity index is 2.11. The van der Waals surface area contributed by atoms with Crippen LogP contribution in [0, 0.1) is 11.8 Å². The summed E-state index contributed by atoms with van der Waals surface area (Å²) in [5, 5.41) is 0. The van der Waals surface area contributed by atoms with Crippen molar-refractivity contribution < 1.29 is 9.53 Å². The van der Waals surface area contributed by atoms with Crippen LogP contribution in [0.3, 0.4) is 0 Å². The molecule has 0 aromatic rings. The molecule has 0 spiro atoms. The van der Waals surface area contributed by atoms with Crippen molar-refractivity contribution in [1.29, 1.82) is 0 Å². The van der Waals surface area contributed by atoms with Gasteiger partial charge in [-0.15, -0.1) is 0 Å². The fourth-order valence-corrected chi connectivity index (χ4v) is 3.01.